The van der Waals surface area contributed by atoms with Gasteiger partial charge in [-0.2, -0.15) is 0 Å². The van der Waals surface area contributed by atoms with Gasteiger partial charge in [0, 0.05) is 18.4 Å². The molecular weight excluding hydrogens is 338 g/mol. The Labute approximate surface area is 152 Å². The van der Waals surface area contributed by atoms with Gasteiger partial charge in [0.1, 0.15) is 5.75 Å². The molecule has 7 heteroatoms. The zero-order valence-electron chi connectivity index (χ0n) is 14.8. The number of carbonyl (C=O) groups excluding carboxylic acids is 1. The van der Waals surface area contributed by atoms with Crippen LogP contribution in [0.4, 0.5) is 5.69 Å². The highest BCUT2D eigenvalue weighted by atomic mass is 32.2. The van der Waals surface area contributed by atoms with Gasteiger partial charge >= 0.3 is 0 Å². The van der Waals surface area contributed by atoms with E-state index in [-0.39, 0.29) is 12.5 Å². The monoisotopic (exact) mass is 363 g/mol. The first-order valence-electron chi connectivity index (χ1n) is 8.63. The number of unbranched alkanes of at least 4 members (excludes halogenated alkanes) is 4. The molecule has 2 rings (SSSR count). The van der Waals surface area contributed by atoms with Gasteiger partial charge in [0.05, 0.1) is 0 Å². The maximum atomic E-state index is 11.0. The van der Waals surface area contributed by atoms with Crippen LogP contribution >= 0.6 is 11.8 Å². The van der Waals surface area contributed by atoms with Crippen LogP contribution in [0, 0.1) is 0 Å². The summed E-state index contributed by atoms with van der Waals surface area (Å²) in [7, 11) is 0. The van der Waals surface area contributed by atoms with Crippen molar-refractivity contribution in [2.75, 3.05) is 11.1 Å². The summed E-state index contributed by atoms with van der Waals surface area (Å²) in [5, 5.41) is 11.3. The van der Waals surface area contributed by atoms with E-state index in [2.05, 4.69) is 22.4 Å². The maximum absolute atomic E-state index is 11.0. The molecule has 0 aliphatic heterocycles. The van der Waals surface area contributed by atoms with Crippen molar-refractivity contribution in [3.05, 3.63) is 30.2 Å². The van der Waals surface area contributed by atoms with Gasteiger partial charge in [0.15, 0.2) is 6.61 Å². The van der Waals surface area contributed by atoms with Crippen LogP contribution in [0.15, 0.2) is 33.9 Å². The Bertz CT molecular complexity index is 643. The van der Waals surface area contributed by atoms with E-state index in [0.717, 1.165) is 11.4 Å². The van der Waals surface area contributed by atoms with Crippen molar-refractivity contribution in [1.82, 2.24) is 10.2 Å². The molecule has 0 fully saturated rings. The number of carbonyl (C=O) groups is 1. The standard InChI is InChI=1S/C18H25N3O3S/c1-3-4-5-6-7-12-25-18-21-20-17(24-18)13-23-16-10-8-15(9-11-16)19-14(2)22/h8-11H,3-7,12-13H2,1-2H3,(H,19,22). The first-order valence-corrected chi connectivity index (χ1v) is 9.61. The predicted octanol–water partition coefficient (Wildman–Crippen LogP) is 4.67. The van der Waals surface area contributed by atoms with E-state index in [1.165, 1.54) is 39.0 Å². The highest BCUT2D eigenvalue weighted by molar-refractivity contribution is 7.99. The van der Waals surface area contributed by atoms with Gasteiger partial charge in [0.25, 0.3) is 11.1 Å². The maximum Gasteiger partial charge on any atom is 0.276 e. The molecule has 0 saturated heterocycles. The number of thioether (sulfide) groups is 1. The molecule has 1 aromatic carbocycles. The van der Waals surface area contributed by atoms with E-state index in [4.69, 9.17) is 9.15 Å². The summed E-state index contributed by atoms with van der Waals surface area (Å²) >= 11 is 1.59. The average molecular weight is 363 g/mol. The fourth-order valence-electron chi connectivity index (χ4n) is 2.20. The van der Waals surface area contributed by atoms with Crippen LogP contribution in [-0.2, 0) is 11.4 Å². The Morgan fingerprint density at radius 3 is 2.64 bits per heavy atom. The van der Waals surface area contributed by atoms with Gasteiger partial charge in [0.2, 0.25) is 5.91 Å². The molecule has 0 aliphatic rings. The lowest BCUT2D eigenvalue weighted by Crippen LogP contribution is -2.05. The van der Waals surface area contributed by atoms with E-state index in [1.54, 1.807) is 36.0 Å². The average Bonchev–Trinajstić information content (AvgIpc) is 3.05. The molecule has 25 heavy (non-hydrogen) atoms. The lowest BCUT2D eigenvalue weighted by atomic mass is 10.2. The van der Waals surface area contributed by atoms with E-state index < -0.39 is 0 Å². The minimum atomic E-state index is -0.102. The summed E-state index contributed by atoms with van der Waals surface area (Å²) in [6.45, 7) is 3.92. The van der Waals surface area contributed by atoms with Gasteiger partial charge < -0.3 is 14.5 Å². The summed E-state index contributed by atoms with van der Waals surface area (Å²) in [6, 6.07) is 7.13. The number of hydrogen-bond acceptors (Lipinski definition) is 6. The third kappa shape index (κ3) is 7.60. The minimum Gasteiger partial charge on any atom is -0.484 e. The van der Waals surface area contributed by atoms with E-state index in [9.17, 15) is 4.79 Å². The number of rotatable bonds is 11. The molecule has 0 aliphatic carbocycles. The predicted molar refractivity (Wildman–Crippen MR) is 98.9 cm³/mol. The van der Waals surface area contributed by atoms with Gasteiger partial charge in [-0.25, -0.2) is 0 Å². The second-order valence-corrected chi connectivity index (χ2v) is 6.76. The fourth-order valence-corrected chi connectivity index (χ4v) is 2.98. The Hall–Kier alpha value is -2.02. The second kappa shape index (κ2) is 10.8. The van der Waals surface area contributed by atoms with Gasteiger partial charge in [-0.15, -0.1) is 10.2 Å². The minimum absolute atomic E-state index is 0.102. The summed E-state index contributed by atoms with van der Waals surface area (Å²) in [6.07, 6.45) is 6.27. The van der Waals surface area contributed by atoms with Crippen LogP contribution in [0.5, 0.6) is 5.75 Å². The number of nitrogens with zero attached hydrogens (tertiary/aromatic N) is 2. The van der Waals surface area contributed by atoms with Crippen LogP contribution in [-0.4, -0.2) is 21.9 Å². The van der Waals surface area contributed by atoms with Crippen molar-refractivity contribution < 1.29 is 13.9 Å². The number of nitrogens with one attached hydrogen (secondary N) is 1. The molecule has 2 aromatic rings. The highest BCUT2D eigenvalue weighted by Gasteiger charge is 2.07. The summed E-state index contributed by atoms with van der Waals surface area (Å²) in [5.74, 6) is 2.03. The summed E-state index contributed by atoms with van der Waals surface area (Å²) < 4.78 is 11.2. The largest absolute Gasteiger partial charge is 0.484 e. The van der Waals surface area contributed by atoms with Crippen LogP contribution in [0.2, 0.25) is 0 Å². The van der Waals surface area contributed by atoms with Crippen LogP contribution in [0.1, 0.15) is 51.8 Å². The van der Waals surface area contributed by atoms with Gasteiger partial charge in [-0.1, -0.05) is 44.4 Å². The summed E-state index contributed by atoms with van der Waals surface area (Å²) in [5.41, 5.74) is 0.732. The number of aromatic nitrogens is 2. The van der Waals surface area contributed by atoms with Crippen LogP contribution in [0.25, 0.3) is 0 Å². The normalized spacial score (nSPS) is 10.6. The molecule has 1 aromatic heterocycles. The SMILES string of the molecule is CCCCCCCSc1nnc(COc2ccc(NC(C)=O)cc2)o1. The summed E-state index contributed by atoms with van der Waals surface area (Å²) in [4.78, 5) is 11.0. The topological polar surface area (TPSA) is 77.3 Å². The Morgan fingerprint density at radius 2 is 1.92 bits per heavy atom. The number of anilines is 1. The molecule has 0 atom stereocenters. The van der Waals surface area contributed by atoms with Crippen molar-refractivity contribution in [2.45, 2.75) is 57.8 Å². The van der Waals surface area contributed by atoms with Crippen LogP contribution in [0.3, 0.4) is 0 Å². The quantitative estimate of drug-likeness (QED) is 0.462. The molecule has 0 bridgehead atoms. The number of benzene rings is 1. The smallest absolute Gasteiger partial charge is 0.276 e. The van der Waals surface area contributed by atoms with E-state index in [1.807, 2.05) is 0 Å². The molecule has 0 unspecified atom stereocenters. The first-order chi connectivity index (χ1) is 12.2. The molecule has 1 heterocycles. The molecule has 136 valence electrons. The van der Waals surface area contributed by atoms with Gasteiger partial charge in [-0.3, -0.25) is 4.79 Å². The molecule has 0 spiro atoms. The zero-order valence-corrected chi connectivity index (χ0v) is 15.6. The molecule has 1 amide bonds. The zero-order chi connectivity index (χ0) is 17.9. The van der Waals surface area contributed by atoms with Crippen molar-refractivity contribution in [1.29, 1.82) is 0 Å². The Kier molecular flexibility index (Phi) is 8.31. The number of amides is 1. The first kappa shape index (κ1) is 19.3. The lowest BCUT2D eigenvalue weighted by molar-refractivity contribution is -0.114. The molecular formula is C18H25N3O3S. The van der Waals surface area contributed by atoms with E-state index in [0.29, 0.717) is 16.9 Å². The Balaban J connectivity index is 1.69. The highest BCUT2D eigenvalue weighted by Crippen LogP contribution is 2.20. The van der Waals surface area contributed by atoms with Crippen molar-refractivity contribution in [2.24, 2.45) is 0 Å². The van der Waals surface area contributed by atoms with Crippen LogP contribution < -0.4 is 10.1 Å². The van der Waals surface area contributed by atoms with Crippen molar-refractivity contribution in [3.8, 4) is 5.75 Å². The molecule has 1 N–H and O–H groups in total. The third-order valence-electron chi connectivity index (χ3n) is 3.46. The molecule has 0 radical (unpaired) electrons. The van der Waals surface area contributed by atoms with E-state index >= 15 is 0 Å². The lowest BCUT2D eigenvalue weighted by Gasteiger charge is -2.05. The third-order valence-corrected chi connectivity index (χ3v) is 4.36. The number of ether oxygens (including phenoxy) is 1. The Morgan fingerprint density at radius 1 is 1.16 bits per heavy atom. The molecule has 6 nitrogen and oxygen atoms in total. The second-order valence-electron chi connectivity index (χ2n) is 5.72. The van der Waals surface area contributed by atoms with Crippen molar-refractivity contribution >= 4 is 23.4 Å². The van der Waals surface area contributed by atoms with Gasteiger partial charge in [-0.05, 0) is 30.7 Å². The fraction of sp³-hybridized carbons (Fsp3) is 0.500. The molecule has 0 saturated carbocycles. The number of hydrogen-bond donors (Lipinski definition) is 1. The van der Waals surface area contributed by atoms with Crippen molar-refractivity contribution in [3.63, 3.8) is 0 Å².